The van der Waals surface area contributed by atoms with Gasteiger partial charge in [-0.15, -0.1) is 11.6 Å². The quantitative estimate of drug-likeness (QED) is 0.721. The average Bonchev–Trinajstić information content (AvgIpc) is 3.33. The Bertz CT molecular complexity index is 629. The van der Waals surface area contributed by atoms with Crippen LogP contribution in [0.25, 0.3) is 11.0 Å². The average molecular weight is 309 g/mol. The zero-order valence-electron chi connectivity index (χ0n) is 11.4. The summed E-state index contributed by atoms with van der Waals surface area (Å²) >= 11 is 12.3. The number of aromatic nitrogens is 2. The second-order valence-corrected chi connectivity index (χ2v) is 6.95. The summed E-state index contributed by atoms with van der Waals surface area (Å²) in [6, 6.07) is 5.92. The van der Waals surface area contributed by atoms with Crippen LogP contribution in [0.1, 0.15) is 31.5 Å². The summed E-state index contributed by atoms with van der Waals surface area (Å²) in [6.07, 6.45) is 5.63. The van der Waals surface area contributed by atoms with Gasteiger partial charge in [0.1, 0.15) is 5.82 Å². The molecule has 2 aliphatic rings. The molecule has 20 heavy (non-hydrogen) atoms. The van der Waals surface area contributed by atoms with Gasteiger partial charge in [0.15, 0.2) is 0 Å². The van der Waals surface area contributed by atoms with Gasteiger partial charge in [-0.25, -0.2) is 4.98 Å². The molecule has 0 atom stereocenters. The van der Waals surface area contributed by atoms with Crippen molar-refractivity contribution >= 4 is 34.2 Å². The monoisotopic (exact) mass is 308 g/mol. The lowest BCUT2D eigenvalue weighted by Crippen LogP contribution is -2.16. The predicted octanol–water partition coefficient (Wildman–Crippen LogP) is 4.86. The van der Waals surface area contributed by atoms with E-state index in [4.69, 9.17) is 23.2 Å². The molecule has 0 saturated heterocycles. The predicted molar refractivity (Wildman–Crippen MR) is 83.2 cm³/mol. The first-order chi connectivity index (χ1) is 9.76. The van der Waals surface area contributed by atoms with E-state index in [-0.39, 0.29) is 0 Å². The lowest BCUT2D eigenvalue weighted by atomic mass is 9.98. The van der Waals surface area contributed by atoms with Crippen LogP contribution >= 0.6 is 23.2 Å². The molecule has 0 radical (unpaired) electrons. The Morgan fingerprint density at radius 1 is 1.20 bits per heavy atom. The summed E-state index contributed by atoms with van der Waals surface area (Å²) in [5.41, 5.74) is 2.15. The summed E-state index contributed by atoms with van der Waals surface area (Å²) in [4.78, 5) is 4.66. The van der Waals surface area contributed by atoms with Gasteiger partial charge >= 0.3 is 0 Å². The normalized spacial score (nSPS) is 19.1. The Labute approximate surface area is 129 Å². The van der Waals surface area contributed by atoms with E-state index in [0.29, 0.717) is 5.88 Å². The van der Waals surface area contributed by atoms with Crippen LogP contribution in [-0.4, -0.2) is 9.55 Å². The molecular formula is C16H18Cl2N2. The smallest absolute Gasteiger partial charge is 0.124 e. The Morgan fingerprint density at radius 2 is 1.90 bits per heavy atom. The summed E-state index contributed by atoms with van der Waals surface area (Å²) < 4.78 is 2.32. The Morgan fingerprint density at radius 3 is 2.50 bits per heavy atom. The first-order valence-corrected chi connectivity index (χ1v) is 8.38. The van der Waals surface area contributed by atoms with Gasteiger partial charge in [-0.3, -0.25) is 0 Å². The fourth-order valence-electron chi connectivity index (χ4n) is 3.39. The van der Waals surface area contributed by atoms with Crippen LogP contribution < -0.4 is 0 Å². The molecule has 4 heteroatoms. The second-order valence-electron chi connectivity index (χ2n) is 6.24. The van der Waals surface area contributed by atoms with Crippen molar-refractivity contribution in [2.45, 2.75) is 38.1 Å². The highest BCUT2D eigenvalue weighted by Gasteiger charge is 2.41. The third-order valence-corrected chi connectivity index (χ3v) is 5.23. The minimum atomic E-state index is 0.467. The number of alkyl halides is 1. The number of hydrogen-bond donors (Lipinski definition) is 0. The standard InChI is InChI=1S/C16H18Cl2N2/c17-8-16-19-14-6-5-12(18)7-15(14)20(16)9-13(10-1-2-10)11-3-4-11/h5-7,10-11,13H,1-4,8-9H2. The van der Waals surface area contributed by atoms with Crippen LogP contribution in [0.3, 0.4) is 0 Å². The molecule has 1 aromatic carbocycles. The van der Waals surface area contributed by atoms with E-state index in [9.17, 15) is 0 Å². The molecule has 0 bridgehead atoms. The highest BCUT2D eigenvalue weighted by atomic mass is 35.5. The van der Waals surface area contributed by atoms with E-state index in [0.717, 1.165) is 46.2 Å². The molecule has 106 valence electrons. The second kappa shape index (κ2) is 4.92. The lowest BCUT2D eigenvalue weighted by molar-refractivity contribution is 0.350. The summed E-state index contributed by atoms with van der Waals surface area (Å²) in [5.74, 6) is 4.13. The fourth-order valence-corrected chi connectivity index (χ4v) is 3.76. The molecule has 0 N–H and O–H groups in total. The van der Waals surface area contributed by atoms with E-state index in [1.807, 2.05) is 18.2 Å². The van der Waals surface area contributed by atoms with Crippen molar-refractivity contribution in [1.82, 2.24) is 9.55 Å². The molecule has 2 fully saturated rings. The van der Waals surface area contributed by atoms with Gasteiger partial charge in [0.05, 0.1) is 16.9 Å². The maximum atomic E-state index is 6.16. The first-order valence-electron chi connectivity index (χ1n) is 7.47. The summed E-state index contributed by atoms with van der Waals surface area (Å²) in [5, 5.41) is 0.772. The highest BCUT2D eigenvalue weighted by molar-refractivity contribution is 6.31. The molecule has 0 amide bonds. The van der Waals surface area contributed by atoms with Gasteiger partial charge < -0.3 is 4.57 Å². The number of rotatable bonds is 5. The van der Waals surface area contributed by atoms with Crippen molar-refractivity contribution in [1.29, 1.82) is 0 Å². The molecule has 0 unspecified atom stereocenters. The number of benzene rings is 1. The van der Waals surface area contributed by atoms with Gasteiger partial charge in [-0.05, 0) is 61.6 Å². The van der Waals surface area contributed by atoms with E-state index in [1.54, 1.807) is 0 Å². The van der Waals surface area contributed by atoms with Crippen molar-refractivity contribution in [3.05, 3.63) is 29.0 Å². The third kappa shape index (κ3) is 2.33. The number of nitrogens with zero attached hydrogens (tertiary/aromatic N) is 2. The van der Waals surface area contributed by atoms with Gasteiger partial charge in [0, 0.05) is 11.6 Å². The molecule has 1 aromatic heterocycles. The minimum Gasteiger partial charge on any atom is -0.327 e. The van der Waals surface area contributed by atoms with Crippen molar-refractivity contribution < 1.29 is 0 Å². The van der Waals surface area contributed by atoms with Crippen LogP contribution in [-0.2, 0) is 12.4 Å². The first kappa shape index (κ1) is 13.0. The number of halogens is 2. The molecule has 1 heterocycles. The zero-order valence-corrected chi connectivity index (χ0v) is 12.9. The van der Waals surface area contributed by atoms with Crippen LogP contribution in [0.4, 0.5) is 0 Å². The van der Waals surface area contributed by atoms with Crippen molar-refractivity contribution in [2.24, 2.45) is 17.8 Å². The summed E-state index contributed by atoms with van der Waals surface area (Å²) in [6.45, 7) is 1.06. The Balaban J connectivity index is 1.74. The van der Waals surface area contributed by atoms with E-state index in [1.165, 1.54) is 25.7 Å². The topological polar surface area (TPSA) is 17.8 Å². The van der Waals surface area contributed by atoms with Crippen molar-refractivity contribution in [3.8, 4) is 0 Å². The summed E-state index contributed by atoms with van der Waals surface area (Å²) in [7, 11) is 0. The SMILES string of the molecule is ClCc1nc2ccc(Cl)cc2n1CC(C1CC1)C1CC1. The van der Waals surface area contributed by atoms with Crippen LogP contribution in [0, 0.1) is 17.8 Å². The molecule has 4 rings (SSSR count). The zero-order chi connectivity index (χ0) is 13.7. The van der Waals surface area contributed by atoms with E-state index in [2.05, 4.69) is 9.55 Å². The highest BCUT2D eigenvalue weighted by Crippen LogP contribution is 2.50. The molecule has 0 spiro atoms. The molecule has 2 aliphatic carbocycles. The Kier molecular flexibility index (Phi) is 3.19. The molecule has 0 aliphatic heterocycles. The molecule has 2 nitrogen and oxygen atoms in total. The van der Waals surface area contributed by atoms with E-state index < -0.39 is 0 Å². The number of fused-ring (bicyclic) bond motifs is 1. The molecular weight excluding hydrogens is 291 g/mol. The lowest BCUT2D eigenvalue weighted by Gasteiger charge is -2.18. The Hall–Kier alpha value is -0.730. The van der Waals surface area contributed by atoms with Crippen molar-refractivity contribution in [2.75, 3.05) is 0 Å². The van der Waals surface area contributed by atoms with Crippen LogP contribution in [0.5, 0.6) is 0 Å². The third-order valence-electron chi connectivity index (χ3n) is 4.76. The van der Waals surface area contributed by atoms with Gasteiger partial charge in [0.25, 0.3) is 0 Å². The molecule has 2 saturated carbocycles. The maximum Gasteiger partial charge on any atom is 0.124 e. The fraction of sp³-hybridized carbons (Fsp3) is 0.562. The van der Waals surface area contributed by atoms with Crippen LogP contribution in [0.15, 0.2) is 18.2 Å². The number of imidazole rings is 1. The maximum absolute atomic E-state index is 6.16. The largest absolute Gasteiger partial charge is 0.327 e. The van der Waals surface area contributed by atoms with E-state index >= 15 is 0 Å². The van der Waals surface area contributed by atoms with Gasteiger partial charge in [0.2, 0.25) is 0 Å². The van der Waals surface area contributed by atoms with Crippen molar-refractivity contribution in [3.63, 3.8) is 0 Å². The number of hydrogen-bond acceptors (Lipinski definition) is 1. The van der Waals surface area contributed by atoms with Crippen LogP contribution in [0.2, 0.25) is 5.02 Å². The minimum absolute atomic E-state index is 0.467. The van der Waals surface area contributed by atoms with Gasteiger partial charge in [-0.1, -0.05) is 11.6 Å². The van der Waals surface area contributed by atoms with Gasteiger partial charge in [-0.2, -0.15) is 0 Å². The molecule has 2 aromatic rings.